The van der Waals surface area contributed by atoms with Gasteiger partial charge in [0.1, 0.15) is 5.75 Å². The van der Waals surface area contributed by atoms with Crippen molar-refractivity contribution >= 4 is 29.8 Å². The van der Waals surface area contributed by atoms with Crippen LogP contribution in [0.4, 0.5) is 0 Å². The van der Waals surface area contributed by atoms with E-state index in [1.807, 2.05) is 12.1 Å². The van der Waals surface area contributed by atoms with E-state index >= 15 is 0 Å². The number of phenolic OH excluding ortho intramolecular Hbond substituents is 5. The van der Waals surface area contributed by atoms with Crippen LogP contribution in [-0.2, 0) is 88.2 Å². The summed E-state index contributed by atoms with van der Waals surface area (Å²) in [7, 11) is 0. The number of carboxylic acid groups (broad SMARTS) is 5. The predicted molar refractivity (Wildman–Crippen MR) is 547 cm³/mol. The standard InChI is InChI=1S/C24H36O2.C23H34O2.2C22H32O4.C22H32O3.5CH4/c1-18-10-11-20(8-4-6-12-23(3)14-15-23)21(19(18)2)9-5-7-13-24(16-17-24)22(25)26;1-18-9-10-19(7-3-5-11-22(2)13-14-22)20(17-18)8-4-6-12-23(15-16-23)21(24)25;1-21(12-13-21)10-4-2-6-16-8-9-18(23)19(24)17(16)7-3-5-11-22(14-15-22)20(25)26;1-21(10-11-21)8-4-2-6-16-14-18(23)19(24)15-17(16)7-3-5-9-22(12-13-22)20(25)26;1-21(12-13-21)10-4-2-6-17-8-9-19(23)16-18(17)7-3-5-11-22(14-15-22)20(24)25;;;;;/h10-11H,4-9,12-17H2,1-3H3,(H,25,26);9-10,17H,3-8,11-16H2,1-2H3,(H,24,25);8-9,23-24H,2-7,10-15H2,1H3,(H,25,26);14-15,23-24H,2-13H2,1H3,(H,25,26);8-9,16,23H,2-7,10-15H2,1H3,(H,24,25);5*1H4. The van der Waals surface area contributed by atoms with Crippen LogP contribution in [0.3, 0.4) is 0 Å². The Morgan fingerprint density at radius 1 is 0.241 bits per heavy atom. The molecule has 10 fully saturated rings. The fourth-order valence-electron chi connectivity index (χ4n) is 20.3. The zero-order valence-corrected chi connectivity index (χ0v) is 80.4. The lowest BCUT2D eigenvalue weighted by molar-refractivity contribution is -0.144. The summed E-state index contributed by atoms with van der Waals surface area (Å²) in [5.74, 6) is -2.88. The molecule has 0 atom stereocenters. The van der Waals surface area contributed by atoms with Crippen molar-refractivity contribution in [2.24, 2.45) is 54.1 Å². The molecular formula is C118H186O15. The van der Waals surface area contributed by atoms with Crippen molar-refractivity contribution in [3.05, 3.63) is 145 Å². The minimum atomic E-state index is -0.664. The quantitative estimate of drug-likeness (QED) is 0.0128. The van der Waals surface area contributed by atoms with E-state index in [4.69, 9.17) is 0 Å². The van der Waals surface area contributed by atoms with Gasteiger partial charge in [-0.25, -0.2) is 0 Å². The van der Waals surface area contributed by atoms with Crippen LogP contribution in [0.1, 0.15) is 465 Å². The van der Waals surface area contributed by atoms with Gasteiger partial charge in [-0.3, -0.25) is 24.0 Å². The zero-order chi connectivity index (χ0) is 92.2. The van der Waals surface area contributed by atoms with E-state index < -0.39 is 46.1 Å². The summed E-state index contributed by atoms with van der Waals surface area (Å²) in [6, 6.07) is 24.2. The highest BCUT2D eigenvalue weighted by atomic mass is 16.4. The van der Waals surface area contributed by atoms with Crippen molar-refractivity contribution < 1.29 is 75.0 Å². The molecule has 15 nitrogen and oxygen atoms in total. The van der Waals surface area contributed by atoms with Gasteiger partial charge >= 0.3 is 29.8 Å². The maximum absolute atomic E-state index is 11.3. The number of hydrogen-bond donors (Lipinski definition) is 10. The van der Waals surface area contributed by atoms with E-state index in [2.05, 4.69) is 91.8 Å². The van der Waals surface area contributed by atoms with Crippen molar-refractivity contribution in [1.29, 1.82) is 0 Å². The lowest BCUT2D eigenvalue weighted by Gasteiger charge is -2.16. The molecule has 0 aromatic heterocycles. The van der Waals surface area contributed by atoms with Gasteiger partial charge in [-0.15, -0.1) is 0 Å². The Labute approximate surface area is 806 Å². The Morgan fingerprint density at radius 2 is 0.474 bits per heavy atom. The highest BCUT2D eigenvalue weighted by molar-refractivity contribution is 5.79. The summed E-state index contributed by atoms with van der Waals surface area (Å²) in [6.07, 6.45) is 65.3. The molecule has 5 aromatic carbocycles. The zero-order valence-electron chi connectivity index (χ0n) is 80.4. The summed E-state index contributed by atoms with van der Waals surface area (Å²) in [5.41, 5.74) is 18.2. The molecular weight excluding hydrogens is 1660 g/mol. The minimum absolute atomic E-state index is 0. The molecule has 0 spiro atoms. The van der Waals surface area contributed by atoms with Crippen LogP contribution >= 0.6 is 0 Å². The molecule has 10 saturated carbocycles. The molecule has 0 radical (unpaired) electrons. The summed E-state index contributed by atoms with van der Waals surface area (Å²) in [4.78, 5) is 56.3. The van der Waals surface area contributed by atoms with E-state index in [-0.39, 0.29) is 71.0 Å². The van der Waals surface area contributed by atoms with Crippen molar-refractivity contribution in [2.75, 3.05) is 0 Å². The van der Waals surface area contributed by atoms with Gasteiger partial charge in [0.25, 0.3) is 0 Å². The molecule has 748 valence electrons. The average molecular weight is 1840 g/mol. The maximum atomic E-state index is 11.3. The molecule has 10 aliphatic rings. The van der Waals surface area contributed by atoms with Crippen LogP contribution in [0.5, 0.6) is 28.7 Å². The molecule has 0 heterocycles. The average Bonchev–Trinajstić information content (AvgIpc) is 1.64. The smallest absolute Gasteiger partial charge is 0.309 e. The number of unbranched alkanes of at least 4 members (excludes halogenated alkanes) is 10. The van der Waals surface area contributed by atoms with E-state index in [9.17, 15) is 75.0 Å². The number of carboxylic acids is 5. The topological polar surface area (TPSA) is 288 Å². The molecule has 10 N–H and O–H groups in total. The fourth-order valence-corrected chi connectivity index (χ4v) is 20.3. The van der Waals surface area contributed by atoms with Gasteiger partial charge in [0.05, 0.1) is 27.1 Å². The van der Waals surface area contributed by atoms with Crippen molar-refractivity contribution in [1.82, 2.24) is 0 Å². The number of phenols is 5. The molecule has 0 aliphatic heterocycles. The number of aromatic hydroxyl groups is 5. The van der Waals surface area contributed by atoms with E-state index in [1.54, 1.807) is 29.8 Å². The van der Waals surface area contributed by atoms with E-state index in [1.165, 1.54) is 205 Å². The van der Waals surface area contributed by atoms with E-state index in [0.717, 1.165) is 241 Å². The minimum Gasteiger partial charge on any atom is -0.508 e. The number of hydrogen-bond acceptors (Lipinski definition) is 10. The molecule has 15 rings (SSSR count). The van der Waals surface area contributed by atoms with Crippen molar-refractivity contribution in [2.45, 2.75) is 478 Å². The van der Waals surface area contributed by atoms with Crippen LogP contribution in [0.25, 0.3) is 0 Å². The van der Waals surface area contributed by atoms with Gasteiger partial charge in [-0.05, 0) is 460 Å². The van der Waals surface area contributed by atoms with Gasteiger partial charge in [0.15, 0.2) is 23.0 Å². The second kappa shape index (κ2) is 50.7. The van der Waals surface area contributed by atoms with Gasteiger partial charge in [0.2, 0.25) is 0 Å². The van der Waals surface area contributed by atoms with Crippen molar-refractivity contribution in [3.63, 3.8) is 0 Å². The second-order valence-corrected chi connectivity index (χ2v) is 45.1. The number of benzene rings is 5. The van der Waals surface area contributed by atoms with Crippen LogP contribution < -0.4 is 0 Å². The van der Waals surface area contributed by atoms with Crippen LogP contribution in [-0.4, -0.2) is 80.9 Å². The van der Waals surface area contributed by atoms with Crippen LogP contribution in [0.2, 0.25) is 0 Å². The maximum Gasteiger partial charge on any atom is 0.309 e. The Kier molecular flexibility index (Phi) is 43.5. The summed E-state index contributed by atoms with van der Waals surface area (Å²) in [5, 5.41) is 96.0. The first kappa shape index (κ1) is 114. The lowest BCUT2D eigenvalue weighted by atomic mass is 9.89. The first-order chi connectivity index (χ1) is 60.9. The lowest BCUT2D eigenvalue weighted by Crippen LogP contribution is -2.14. The first-order valence-electron chi connectivity index (χ1n) is 51.1. The first-order valence-corrected chi connectivity index (χ1v) is 51.1. The Bertz CT molecular complexity index is 4240. The second-order valence-electron chi connectivity index (χ2n) is 45.1. The van der Waals surface area contributed by atoms with Gasteiger partial charge < -0.3 is 51.1 Å². The summed E-state index contributed by atoms with van der Waals surface area (Å²) >= 11 is 0. The molecule has 133 heavy (non-hydrogen) atoms. The molecule has 15 heteroatoms. The monoisotopic (exact) mass is 1840 g/mol. The SMILES string of the molecule is C.C.C.C.C.CC1(CCCCc2cc(O)c(O)cc2CCCCC2(C(=O)O)CC2)CC1.CC1(CCCCc2ccc(O)c(O)c2CCCCC2(C(=O)O)CC2)CC1.CC1(CCCCc2ccc(O)cc2CCCCC2(C(=O)O)CC2)CC1.Cc1ccc(CCCCC2(C)CC2)c(CCCCC2(C(=O)O)CC2)c1.Cc1ccc(CCCCC2(C)CC2)c(CCCCC2(C(=O)O)CC2)c1C. The largest absolute Gasteiger partial charge is 0.508 e. The van der Waals surface area contributed by atoms with Crippen LogP contribution in [0.15, 0.2) is 72.8 Å². The van der Waals surface area contributed by atoms with Gasteiger partial charge in [-0.2, -0.15) is 0 Å². The summed E-state index contributed by atoms with van der Waals surface area (Å²) < 4.78 is 0. The van der Waals surface area contributed by atoms with Crippen molar-refractivity contribution in [3.8, 4) is 28.7 Å². The predicted octanol–water partition coefficient (Wildman–Crippen LogP) is 31.5. The molecule has 0 amide bonds. The third-order valence-corrected chi connectivity index (χ3v) is 33.3. The molecule has 10 aliphatic carbocycles. The summed E-state index contributed by atoms with van der Waals surface area (Å²) in [6.45, 7) is 18.6. The Hall–Kier alpha value is -7.55. The van der Waals surface area contributed by atoms with Gasteiger partial charge in [-0.1, -0.05) is 184 Å². The molecule has 0 saturated heterocycles. The van der Waals surface area contributed by atoms with E-state index in [0.29, 0.717) is 39.2 Å². The molecule has 5 aromatic rings. The number of aryl methyl sites for hydroxylation is 10. The van der Waals surface area contributed by atoms with Gasteiger partial charge in [0, 0.05) is 5.56 Å². The number of carbonyl (C=O) groups is 5. The molecule has 0 unspecified atom stereocenters. The molecule has 0 bridgehead atoms. The highest BCUT2D eigenvalue weighted by Gasteiger charge is 2.53. The number of aliphatic carboxylic acids is 5. The fraction of sp³-hybridized carbons (Fsp3) is 0.703. The normalized spacial score (nSPS) is 18.7. The third-order valence-electron chi connectivity index (χ3n) is 33.3. The Balaban J connectivity index is 0.000000253. The highest BCUT2D eigenvalue weighted by Crippen LogP contribution is 2.57. The number of rotatable bonds is 55. The van der Waals surface area contributed by atoms with Crippen LogP contribution in [0, 0.1) is 74.9 Å². The Morgan fingerprint density at radius 3 is 0.767 bits per heavy atom. The third kappa shape index (κ3) is 35.8.